The Morgan fingerprint density at radius 1 is 0.889 bits per heavy atom. The molecular weight excluding hydrogens is 511 g/mol. The van der Waals surface area contributed by atoms with Crippen LogP contribution in [0.25, 0.3) is 0 Å². The summed E-state index contributed by atoms with van der Waals surface area (Å²) in [6, 6.07) is 12.0. The van der Waals surface area contributed by atoms with Crippen LogP contribution in [0, 0.1) is 0 Å². The number of hydrogen-bond donors (Lipinski definition) is 0. The molecule has 0 aliphatic heterocycles. The molecule has 0 aliphatic carbocycles. The van der Waals surface area contributed by atoms with Gasteiger partial charge < -0.3 is 0 Å². The molecule has 0 spiro atoms. The van der Waals surface area contributed by atoms with E-state index in [0.717, 1.165) is 29.6 Å². The van der Waals surface area contributed by atoms with E-state index in [1.807, 2.05) is 30.3 Å². The quantitative estimate of drug-likeness (QED) is 0.372. The Balaban J connectivity index is 2.51. The lowest BCUT2D eigenvalue weighted by molar-refractivity contribution is 1.16. The predicted molar refractivity (Wildman–Crippen MR) is 91.8 cm³/mol. The van der Waals surface area contributed by atoms with Gasteiger partial charge >= 0.3 is 0 Å². The highest BCUT2D eigenvalue weighted by Gasteiger charge is 2.17. The summed E-state index contributed by atoms with van der Waals surface area (Å²) in [6.07, 6.45) is 0. The van der Waals surface area contributed by atoms with Gasteiger partial charge in [-0.25, -0.2) is 0 Å². The lowest BCUT2D eigenvalue weighted by atomic mass is 10.1. The van der Waals surface area contributed by atoms with Gasteiger partial charge in [-0.3, -0.25) is 0 Å². The van der Waals surface area contributed by atoms with Crippen LogP contribution in [0.15, 0.2) is 49.8 Å². The Morgan fingerprint density at radius 2 is 1.61 bits per heavy atom. The van der Waals surface area contributed by atoms with Crippen LogP contribution in [0.3, 0.4) is 0 Å². The van der Waals surface area contributed by atoms with Gasteiger partial charge in [0.2, 0.25) is 0 Å². The van der Waals surface area contributed by atoms with Crippen LogP contribution in [0.4, 0.5) is 0 Å². The van der Waals surface area contributed by atoms with E-state index in [1.165, 1.54) is 0 Å². The molecule has 0 saturated carbocycles. The Kier molecular flexibility index (Phi) is 5.35. The highest BCUT2D eigenvalue weighted by Crippen LogP contribution is 2.41. The SMILES string of the molecule is Clc1c(Br)cccc1C(Br)c1cc(Br)ccc1Br. The summed E-state index contributed by atoms with van der Waals surface area (Å²) in [7, 11) is 0. The van der Waals surface area contributed by atoms with Crippen molar-refractivity contribution < 1.29 is 0 Å². The van der Waals surface area contributed by atoms with E-state index in [4.69, 9.17) is 11.6 Å². The van der Waals surface area contributed by atoms with Crippen molar-refractivity contribution in [3.05, 3.63) is 66.0 Å². The smallest absolute Gasteiger partial charge is 0.0670 e. The molecule has 0 fully saturated rings. The topological polar surface area (TPSA) is 0 Å². The van der Waals surface area contributed by atoms with E-state index < -0.39 is 0 Å². The first-order valence-electron chi connectivity index (χ1n) is 5.03. The highest BCUT2D eigenvalue weighted by atomic mass is 79.9. The standard InChI is InChI=1S/C13H7Br4Cl/c14-7-4-5-10(15)9(6-7)12(17)8-2-1-3-11(16)13(8)18/h1-6,12H. The fourth-order valence-electron chi connectivity index (χ4n) is 1.59. The fraction of sp³-hybridized carbons (Fsp3) is 0.0769. The third kappa shape index (κ3) is 3.21. The van der Waals surface area contributed by atoms with Crippen LogP contribution in [0.1, 0.15) is 16.0 Å². The monoisotopic (exact) mass is 514 g/mol. The van der Waals surface area contributed by atoms with Gasteiger partial charge in [0, 0.05) is 13.4 Å². The summed E-state index contributed by atoms with van der Waals surface area (Å²) >= 11 is 20.5. The maximum atomic E-state index is 6.33. The molecule has 0 aromatic heterocycles. The molecule has 2 rings (SSSR count). The first kappa shape index (κ1) is 15.0. The van der Waals surface area contributed by atoms with Gasteiger partial charge in [0.15, 0.2) is 0 Å². The van der Waals surface area contributed by atoms with Gasteiger partial charge in [-0.05, 0) is 51.3 Å². The first-order chi connectivity index (χ1) is 8.50. The van der Waals surface area contributed by atoms with Gasteiger partial charge in [0.1, 0.15) is 0 Å². The molecule has 2 aromatic carbocycles. The van der Waals surface area contributed by atoms with Gasteiger partial charge in [-0.2, -0.15) is 0 Å². The molecule has 0 aliphatic rings. The van der Waals surface area contributed by atoms with E-state index in [0.29, 0.717) is 0 Å². The Hall–Kier alpha value is 0.650. The van der Waals surface area contributed by atoms with Crippen molar-refractivity contribution in [3.63, 3.8) is 0 Å². The molecule has 0 N–H and O–H groups in total. The fourth-order valence-corrected chi connectivity index (χ4v) is 4.26. The number of benzene rings is 2. The summed E-state index contributed by atoms with van der Waals surface area (Å²) in [6.45, 7) is 0. The second-order valence-corrected chi connectivity index (χ2v) is 7.59. The zero-order valence-corrected chi connectivity index (χ0v) is 16.0. The second kappa shape index (κ2) is 6.40. The lowest BCUT2D eigenvalue weighted by Gasteiger charge is -2.15. The van der Waals surface area contributed by atoms with Crippen LogP contribution >= 0.6 is 75.3 Å². The number of alkyl halides is 1. The van der Waals surface area contributed by atoms with E-state index in [-0.39, 0.29) is 4.83 Å². The van der Waals surface area contributed by atoms with Gasteiger partial charge in [-0.15, -0.1) is 0 Å². The van der Waals surface area contributed by atoms with Crippen LogP contribution in [-0.2, 0) is 0 Å². The van der Waals surface area contributed by atoms with E-state index >= 15 is 0 Å². The minimum atomic E-state index is 0.0365. The number of rotatable bonds is 2. The Labute approximate surface area is 145 Å². The molecule has 0 nitrogen and oxygen atoms in total. The molecule has 0 radical (unpaired) electrons. The minimum absolute atomic E-state index is 0.0365. The zero-order valence-electron chi connectivity index (χ0n) is 8.93. The van der Waals surface area contributed by atoms with Crippen LogP contribution < -0.4 is 0 Å². The third-order valence-corrected chi connectivity index (χ3v) is 6.00. The normalized spacial score (nSPS) is 12.5. The lowest BCUT2D eigenvalue weighted by Crippen LogP contribution is -1.95. The van der Waals surface area contributed by atoms with Gasteiger partial charge in [-0.1, -0.05) is 71.5 Å². The van der Waals surface area contributed by atoms with Crippen molar-refractivity contribution in [2.45, 2.75) is 4.83 Å². The average molecular weight is 518 g/mol. The molecule has 94 valence electrons. The molecular formula is C13H7Br4Cl. The second-order valence-electron chi connectivity index (χ2n) is 3.67. The van der Waals surface area contributed by atoms with Crippen LogP contribution in [0.5, 0.6) is 0 Å². The summed E-state index contributed by atoms with van der Waals surface area (Å²) in [5, 5.41) is 0.728. The highest BCUT2D eigenvalue weighted by molar-refractivity contribution is 9.11. The molecule has 2 aromatic rings. The molecule has 1 atom stereocenters. The largest absolute Gasteiger partial charge is 0.0827 e. The molecule has 5 heteroatoms. The van der Waals surface area contributed by atoms with Crippen molar-refractivity contribution in [3.8, 4) is 0 Å². The van der Waals surface area contributed by atoms with Crippen molar-refractivity contribution in [1.29, 1.82) is 0 Å². The predicted octanol–water partition coefficient (Wildman–Crippen LogP) is 7.11. The molecule has 0 amide bonds. The maximum absolute atomic E-state index is 6.33. The van der Waals surface area contributed by atoms with Crippen molar-refractivity contribution >= 4 is 75.3 Å². The van der Waals surface area contributed by atoms with E-state index in [9.17, 15) is 0 Å². The van der Waals surface area contributed by atoms with Crippen molar-refractivity contribution in [2.24, 2.45) is 0 Å². The van der Waals surface area contributed by atoms with Crippen molar-refractivity contribution in [2.75, 3.05) is 0 Å². The average Bonchev–Trinajstić information content (AvgIpc) is 2.35. The van der Waals surface area contributed by atoms with Gasteiger partial charge in [0.25, 0.3) is 0 Å². The summed E-state index contributed by atoms with van der Waals surface area (Å²) in [5.41, 5.74) is 2.16. The molecule has 0 bridgehead atoms. The Bertz CT molecular complexity index is 581. The first-order valence-corrected chi connectivity index (χ1v) is 8.71. The number of hydrogen-bond acceptors (Lipinski definition) is 0. The molecule has 1 unspecified atom stereocenters. The van der Waals surface area contributed by atoms with E-state index in [1.54, 1.807) is 0 Å². The van der Waals surface area contributed by atoms with E-state index in [2.05, 4.69) is 69.8 Å². The third-order valence-electron chi connectivity index (χ3n) is 2.49. The van der Waals surface area contributed by atoms with Crippen LogP contribution in [0.2, 0.25) is 5.02 Å². The van der Waals surface area contributed by atoms with Crippen LogP contribution in [-0.4, -0.2) is 0 Å². The zero-order chi connectivity index (χ0) is 13.3. The van der Waals surface area contributed by atoms with Gasteiger partial charge in [0.05, 0.1) is 9.85 Å². The molecule has 18 heavy (non-hydrogen) atoms. The summed E-state index contributed by atoms with van der Waals surface area (Å²) in [4.78, 5) is 0.0365. The van der Waals surface area contributed by atoms with Crippen molar-refractivity contribution in [1.82, 2.24) is 0 Å². The maximum Gasteiger partial charge on any atom is 0.0670 e. The summed E-state index contributed by atoms with van der Waals surface area (Å²) in [5.74, 6) is 0. The summed E-state index contributed by atoms with van der Waals surface area (Å²) < 4.78 is 2.98. The Morgan fingerprint density at radius 3 is 2.33 bits per heavy atom. The number of halogens is 5. The molecule has 0 heterocycles. The minimum Gasteiger partial charge on any atom is -0.0827 e. The molecule has 0 saturated heterocycles.